The number of carbonyl (C=O) groups is 1. The van der Waals surface area contributed by atoms with Gasteiger partial charge in [-0.2, -0.15) is 10.4 Å². The lowest BCUT2D eigenvalue weighted by Gasteiger charge is -2.13. The Hall–Kier alpha value is -2.64. The van der Waals surface area contributed by atoms with Crippen LogP contribution in [0, 0.1) is 17.2 Å². The number of carbonyl (C=O) groups excluding carboxylic acids is 1. The third kappa shape index (κ3) is 4.04. The number of hydrogen-bond donors (Lipinski definition) is 2. The molecule has 1 heterocycles. The molecule has 2 aromatic rings. The highest BCUT2D eigenvalue weighted by Gasteiger charge is 2.33. The van der Waals surface area contributed by atoms with Crippen molar-refractivity contribution in [1.82, 2.24) is 9.78 Å². The molecule has 12 heteroatoms. The van der Waals surface area contributed by atoms with Gasteiger partial charge in [-0.25, -0.2) is 4.68 Å². The van der Waals surface area contributed by atoms with Gasteiger partial charge in [-0.3, -0.25) is 4.79 Å². The summed E-state index contributed by atoms with van der Waals surface area (Å²) in [5.74, 6) is -1.22. The summed E-state index contributed by atoms with van der Waals surface area (Å²) in [6.45, 7) is 0. The minimum absolute atomic E-state index is 0.0165. The van der Waals surface area contributed by atoms with E-state index in [0.717, 1.165) is 29.7 Å². The molecule has 3 rings (SSSR count). The van der Waals surface area contributed by atoms with Crippen molar-refractivity contribution in [3.8, 4) is 17.5 Å². The molecule has 1 amide bonds. The molecule has 0 aliphatic heterocycles. The molecule has 3 N–H and O–H groups in total. The molecule has 1 fully saturated rings. The molecule has 1 aliphatic carbocycles. The summed E-state index contributed by atoms with van der Waals surface area (Å²) in [4.78, 5) is 12.0. The Morgan fingerprint density at radius 2 is 1.96 bits per heavy atom. The molecule has 1 aliphatic rings. The standard InChI is InChI=1S/C15H10Cl2F3N5O2/c16-8-3-7(27-15(18,19)20)4-9(17)12(8)25-13(22)11(10(5-21)24-25)23-14(26)6-1-2-6/h3-4,6H,1-2,22H2,(H,23,26). The van der Waals surface area contributed by atoms with Crippen molar-refractivity contribution >= 4 is 40.6 Å². The second kappa shape index (κ2) is 6.83. The highest BCUT2D eigenvalue weighted by Crippen LogP contribution is 2.38. The van der Waals surface area contributed by atoms with Crippen LogP contribution in [0.4, 0.5) is 24.7 Å². The normalized spacial score (nSPS) is 13.9. The Kier molecular flexibility index (Phi) is 4.84. The van der Waals surface area contributed by atoms with Gasteiger partial charge in [0.15, 0.2) is 11.5 Å². The van der Waals surface area contributed by atoms with E-state index in [0.29, 0.717) is 0 Å². The fraction of sp³-hybridized carbons (Fsp3) is 0.267. The van der Waals surface area contributed by atoms with E-state index in [2.05, 4.69) is 15.2 Å². The first kappa shape index (κ1) is 19.1. The monoisotopic (exact) mass is 419 g/mol. The van der Waals surface area contributed by atoms with Gasteiger partial charge in [0, 0.05) is 18.1 Å². The quantitative estimate of drug-likeness (QED) is 0.781. The van der Waals surface area contributed by atoms with Gasteiger partial charge in [0.1, 0.15) is 23.2 Å². The molecule has 1 saturated carbocycles. The second-order valence-corrected chi connectivity index (χ2v) is 6.49. The molecular formula is C15H10Cl2F3N5O2. The first-order chi connectivity index (χ1) is 12.6. The number of aromatic nitrogens is 2. The summed E-state index contributed by atoms with van der Waals surface area (Å²) in [5, 5.41) is 15.2. The predicted octanol–water partition coefficient (Wildman–Crippen LogP) is 3.88. The summed E-state index contributed by atoms with van der Waals surface area (Å²) >= 11 is 12.0. The van der Waals surface area contributed by atoms with Crippen molar-refractivity contribution in [3.05, 3.63) is 27.9 Å². The van der Waals surface area contributed by atoms with Gasteiger partial charge in [-0.15, -0.1) is 13.2 Å². The SMILES string of the molecule is N#Cc1nn(-c2c(Cl)cc(OC(F)(F)F)cc2Cl)c(N)c1NC(=O)C1CC1. The number of nitrogens with one attached hydrogen (secondary N) is 1. The number of nitrogen functional groups attached to an aromatic ring is 1. The van der Waals surface area contributed by atoms with Crippen molar-refractivity contribution in [2.24, 2.45) is 5.92 Å². The number of alkyl halides is 3. The fourth-order valence-electron chi connectivity index (χ4n) is 2.31. The predicted molar refractivity (Wildman–Crippen MR) is 90.7 cm³/mol. The molecule has 27 heavy (non-hydrogen) atoms. The van der Waals surface area contributed by atoms with Crippen LogP contribution in [-0.4, -0.2) is 22.1 Å². The summed E-state index contributed by atoms with van der Waals surface area (Å²) < 4.78 is 41.8. The van der Waals surface area contributed by atoms with E-state index in [4.69, 9.17) is 28.9 Å². The van der Waals surface area contributed by atoms with Crippen LogP contribution in [0.15, 0.2) is 12.1 Å². The highest BCUT2D eigenvalue weighted by atomic mass is 35.5. The first-order valence-corrected chi connectivity index (χ1v) is 8.21. The van der Waals surface area contributed by atoms with E-state index in [1.807, 2.05) is 0 Å². The molecule has 0 radical (unpaired) electrons. The Morgan fingerprint density at radius 3 is 2.44 bits per heavy atom. The van der Waals surface area contributed by atoms with E-state index in [-0.39, 0.29) is 44.8 Å². The van der Waals surface area contributed by atoms with Crippen LogP contribution in [0.25, 0.3) is 5.69 Å². The third-order valence-electron chi connectivity index (χ3n) is 3.66. The van der Waals surface area contributed by atoms with Gasteiger partial charge in [0.05, 0.1) is 10.0 Å². The lowest BCUT2D eigenvalue weighted by atomic mass is 10.3. The van der Waals surface area contributed by atoms with Gasteiger partial charge in [-0.1, -0.05) is 23.2 Å². The van der Waals surface area contributed by atoms with Crippen LogP contribution in [0.2, 0.25) is 10.0 Å². The van der Waals surface area contributed by atoms with Gasteiger partial charge in [0.2, 0.25) is 5.91 Å². The molecule has 0 saturated heterocycles. The van der Waals surface area contributed by atoms with Crippen LogP contribution >= 0.6 is 23.2 Å². The maximum Gasteiger partial charge on any atom is 0.573 e. The van der Waals surface area contributed by atoms with Crippen molar-refractivity contribution < 1.29 is 22.7 Å². The average molecular weight is 420 g/mol. The van der Waals surface area contributed by atoms with Crippen molar-refractivity contribution in [3.63, 3.8) is 0 Å². The smallest absolute Gasteiger partial charge is 0.406 e. The summed E-state index contributed by atoms with van der Waals surface area (Å²) in [7, 11) is 0. The molecule has 0 bridgehead atoms. The summed E-state index contributed by atoms with van der Waals surface area (Å²) in [6, 6.07) is 3.55. The Balaban J connectivity index is 2.02. The lowest BCUT2D eigenvalue weighted by molar-refractivity contribution is -0.274. The van der Waals surface area contributed by atoms with Crippen molar-refractivity contribution in [2.45, 2.75) is 19.2 Å². The second-order valence-electron chi connectivity index (χ2n) is 5.68. The lowest BCUT2D eigenvalue weighted by Crippen LogP contribution is -2.17. The van der Waals surface area contributed by atoms with E-state index in [1.165, 1.54) is 0 Å². The van der Waals surface area contributed by atoms with E-state index < -0.39 is 12.1 Å². The highest BCUT2D eigenvalue weighted by molar-refractivity contribution is 6.38. The number of hydrogen-bond acceptors (Lipinski definition) is 5. The molecule has 0 atom stereocenters. The van der Waals surface area contributed by atoms with Crippen LogP contribution in [-0.2, 0) is 4.79 Å². The van der Waals surface area contributed by atoms with Crippen molar-refractivity contribution in [2.75, 3.05) is 11.1 Å². The van der Waals surface area contributed by atoms with Gasteiger partial charge in [0.25, 0.3) is 0 Å². The minimum atomic E-state index is -4.92. The number of nitrogens with two attached hydrogens (primary N) is 1. The Labute approximate surface area is 160 Å². The zero-order valence-corrected chi connectivity index (χ0v) is 14.8. The largest absolute Gasteiger partial charge is 0.573 e. The van der Waals surface area contributed by atoms with E-state index in [9.17, 15) is 23.2 Å². The Morgan fingerprint density at radius 1 is 1.37 bits per heavy atom. The summed E-state index contributed by atoms with van der Waals surface area (Å²) in [5.41, 5.74) is 5.70. The molecule has 1 aromatic carbocycles. The number of halogens is 5. The molecule has 0 unspecified atom stereocenters. The first-order valence-electron chi connectivity index (χ1n) is 7.45. The van der Waals surface area contributed by atoms with Crippen LogP contribution in [0.5, 0.6) is 5.75 Å². The maximum atomic E-state index is 12.4. The fourth-order valence-corrected chi connectivity index (χ4v) is 2.94. The van der Waals surface area contributed by atoms with E-state index >= 15 is 0 Å². The number of amides is 1. The van der Waals surface area contributed by atoms with Crippen LogP contribution < -0.4 is 15.8 Å². The van der Waals surface area contributed by atoms with Crippen LogP contribution in [0.3, 0.4) is 0 Å². The van der Waals surface area contributed by atoms with Gasteiger partial charge >= 0.3 is 6.36 Å². The third-order valence-corrected chi connectivity index (χ3v) is 4.24. The van der Waals surface area contributed by atoms with Crippen LogP contribution in [0.1, 0.15) is 18.5 Å². The summed E-state index contributed by atoms with van der Waals surface area (Å²) in [6.07, 6.45) is -3.45. The molecule has 1 aromatic heterocycles. The van der Waals surface area contributed by atoms with Gasteiger partial charge < -0.3 is 15.8 Å². The molecular weight excluding hydrogens is 410 g/mol. The number of nitriles is 1. The molecule has 7 nitrogen and oxygen atoms in total. The number of ether oxygens (including phenoxy) is 1. The number of benzene rings is 1. The molecule has 0 spiro atoms. The minimum Gasteiger partial charge on any atom is -0.406 e. The zero-order chi connectivity index (χ0) is 19.9. The number of rotatable bonds is 4. The topological polar surface area (TPSA) is 106 Å². The maximum absolute atomic E-state index is 12.4. The molecule has 142 valence electrons. The number of nitrogens with zero attached hydrogens (tertiary/aromatic N) is 3. The zero-order valence-electron chi connectivity index (χ0n) is 13.3. The Bertz CT molecular complexity index is 941. The average Bonchev–Trinajstić information content (AvgIpc) is 3.34. The van der Waals surface area contributed by atoms with Gasteiger partial charge in [-0.05, 0) is 12.8 Å². The van der Waals surface area contributed by atoms with Crippen molar-refractivity contribution in [1.29, 1.82) is 5.26 Å². The number of anilines is 2. The van der Waals surface area contributed by atoms with E-state index in [1.54, 1.807) is 6.07 Å².